The van der Waals surface area contributed by atoms with E-state index >= 15 is 0 Å². The van der Waals surface area contributed by atoms with Crippen molar-refractivity contribution in [2.24, 2.45) is 0 Å². The fourth-order valence-electron chi connectivity index (χ4n) is 4.24. The number of hydrogen-bond acceptors (Lipinski definition) is 6. The molecular formula is C27H18N4O4. The van der Waals surface area contributed by atoms with Gasteiger partial charge in [-0.25, -0.2) is 0 Å². The summed E-state index contributed by atoms with van der Waals surface area (Å²) in [5, 5.41) is 24.2. The molecule has 1 aliphatic heterocycles. The van der Waals surface area contributed by atoms with Gasteiger partial charge in [-0.2, -0.15) is 10.2 Å². The molecule has 4 aromatic rings. The Kier molecular flexibility index (Phi) is 5.43. The van der Waals surface area contributed by atoms with Crippen molar-refractivity contribution in [1.82, 2.24) is 10.1 Å². The molecular weight excluding hydrogens is 444 g/mol. The minimum Gasteiger partial charge on any atom is -0.480 e. The molecule has 8 heteroatoms. The van der Waals surface area contributed by atoms with Crippen molar-refractivity contribution in [3.63, 3.8) is 0 Å². The summed E-state index contributed by atoms with van der Waals surface area (Å²) in [5.74, 6) is -1.63. The van der Waals surface area contributed by atoms with Gasteiger partial charge in [0, 0.05) is 29.4 Å². The summed E-state index contributed by atoms with van der Waals surface area (Å²) in [6.45, 7) is 0. The number of carbonyl (C=O) groups is 2. The Bertz CT molecular complexity index is 1490. The summed E-state index contributed by atoms with van der Waals surface area (Å²) >= 11 is 0. The lowest BCUT2D eigenvalue weighted by Gasteiger charge is -2.37. The van der Waals surface area contributed by atoms with Crippen LogP contribution in [0.15, 0.2) is 95.7 Å². The minimum atomic E-state index is -2.08. The van der Waals surface area contributed by atoms with Crippen LogP contribution in [0.3, 0.4) is 0 Å². The number of nitrogens with zero attached hydrogens (tertiary/aromatic N) is 4. The molecule has 0 fully saturated rings. The number of rotatable bonds is 5. The molecule has 0 saturated carbocycles. The summed E-state index contributed by atoms with van der Waals surface area (Å²) in [4.78, 5) is 32.5. The summed E-state index contributed by atoms with van der Waals surface area (Å²) in [6.07, 6.45) is 1.26. The Labute approximate surface area is 200 Å². The van der Waals surface area contributed by atoms with Crippen molar-refractivity contribution >= 4 is 23.1 Å². The van der Waals surface area contributed by atoms with Crippen molar-refractivity contribution in [3.8, 4) is 17.5 Å². The number of benzene rings is 3. The van der Waals surface area contributed by atoms with Gasteiger partial charge in [0.25, 0.3) is 11.8 Å². The number of para-hydroxylation sites is 1. The van der Waals surface area contributed by atoms with Gasteiger partial charge in [0.15, 0.2) is 5.41 Å². The molecule has 2 heterocycles. The molecule has 1 aromatic heterocycles. The van der Waals surface area contributed by atoms with Crippen LogP contribution in [0, 0.1) is 11.3 Å². The quantitative estimate of drug-likeness (QED) is 0.436. The summed E-state index contributed by atoms with van der Waals surface area (Å²) in [6, 6.07) is 26.1. The standard InChI is InChI=1S/C27H18N4O4/c28-16-19-11-7-8-14-22(19)27(26(33)34)15-20(17-31(25(27)32)21-12-5-2-6-13-21)24-29-23(30-35-24)18-9-3-1-4-10-18/h1-14,17H,15H2,(H,33,34). The van der Waals surface area contributed by atoms with Gasteiger partial charge in [0.1, 0.15) is 0 Å². The van der Waals surface area contributed by atoms with Gasteiger partial charge in [0.05, 0.1) is 11.6 Å². The zero-order valence-electron chi connectivity index (χ0n) is 18.3. The van der Waals surface area contributed by atoms with Crippen molar-refractivity contribution < 1.29 is 19.2 Å². The number of aromatic nitrogens is 2. The largest absolute Gasteiger partial charge is 0.480 e. The SMILES string of the molecule is N#Cc1ccccc1C1(C(=O)O)CC(c2nc(-c3ccccc3)no2)=CN(c2ccccc2)C1=O. The van der Waals surface area contributed by atoms with E-state index in [1.165, 1.54) is 23.2 Å². The highest BCUT2D eigenvalue weighted by Gasteiger charge is 2.54. The van der Waals surface area contributed by atoms with Gasteiger partial charge < -0.3 is 9.63 Å². The van der Waals surface area contributed by atoms with Gasteiger partial charge >= 0.3 is 5.97 Å². The number of carboxylic acids is 1. The highest BCUT2D eigenvalue weighted by molar-refractivity contribution is 6.18. The molecule has 3 aromatic carbocycles. The highest BCUT2D eigenvalue weighted by Crippen LogP contribution is 2.43. The molecule has 8 nitrogen and oxygen atoms in total. The van der Waals surface area contributed by atoms with Crippen LogP contribution in [0.4, 0.5) is 5.69 Å². The molecule has 1 unspecified atom stereocenters. The van der Waals surface area contributed by atoms with Crippen molar-refractivity contribution in [1.29, 1.82) is 5.26 Å². The summed E-state index contributed by atoms with van der Waals surface area (Å²) in [7, 11) is 0. The zero-order chi connectivity index (χ0) is 24.4. The van der Waals surface area contributed by atoms with Crippen LogP contribution in [0.5, 0.6) is 0 Å². The topological polar surface area (TPSA) is 120 Å². The predicted octanol–water partition coefficient (Wildman–Crippen LogP) is 4.41. The average Bonchev–Trinajstić information content (AvgIpc) is 3.40. The van der Waals surface area contributed by atoms with Crippen molar-refractivity contribution in [2.45, 2.75) is 11.8 Å². The van der Waals surface area contributed by atoms with Crippen molar-refractivity contribution in [2.75, 3.05) is 4.90 Å². The molecule has 1 atom stereocenters. The van der Waals surface area contributed by atoms with Crippen LogP contribution in [0.1, 0.15) is 23.4 Å². The van der Waals surface area contributed by atoms with E-state index in [1.54, 1.807) is 42.5 Å². The maximum Gasteiger partial charge on any atom is 0.324 e. The van der Waals surface area contributed by atoms with E-state index in [9.17, 15) is 20.0 Å². The fraction of sp³-hybridized carbons (Fsp3) is 0.0741. The van der Waals surface area contributed by atoms with E-state index in [0.717, 1.165) is 5.56 Å². The number of amides is 1. The number of carbonyl (C=O) groups excluding carboxylic acids is 1. The minimum absolute atomic E-state index is 0.0948. The second-order valence-electron chi connectivity index (χ2n) is 8.00. The molecule has 0 bridgehead atoms. The third-order valence-electron chi connectivity index (χ3n) is 5.96. The lowest BCUT2D eigenvalue weighted by atomic mass is 9.71. The van der Waals surface area contributed by atoms with Crippen LogP contribution < -0.4 is 4.90 Å². The van der Waals surface area contributed by atoms with Gasteiger partial charge in [-0.1, -0.05) is 71.9 Å². The first kappa shape index (κ1) is 21.8. The van der Waals surface area contributed by atoms with Crippen LogP contribution in [-0.2, 0) is 15.0 Å². The molecule has 0 radical (unpaired) electrons. The second-order valence-corrected chi connectivity index (χ2v) is 8.00. The third-order valence-corrected chi connectivity index (χ3v) is 5.96. The lowest BCUT2D eigenvalue weighted by Crippen LogP contribution is -2.53. The maximum atomic E-state index is 13.9. The smallest absolute Gasteiger partial charge is 0.324 e. The fourth-order valence-corrected chi connectivity index (χ4v) is 4.24. The number of anilines is 1. The summed E-state index contributed by atoms with van der Waals surface area (Å²) in [5.41, 5.74) is -0.305. The lowest BCUT2D eigenvalue weighted by molar-refractivity contribution is -0.148. The molecule has 5 rings (SSSR count). The monoisotopic (exact) mass is 462 g/mol. The Morgan fingerprint density at radius 2 is 1.66 bits per heavy atom. The third kappa shape index (κ3) is 3.65. The van der Waals surface area contributed by atoms with Crippen molar-refractivity contribution in [3.05, 3.63) is 108 Å². The van der Waals surface area contributed by atoms with E-state index in [0.29, 0.717) is 17.1 Å². The van der Waals surface area contributed by atoms with Crippen LogP contribution >= 0.6 is 0 Å². The highest BCUT2D eigenvalue weighted by atomic mass is 16.5. The number of hydrogen-bond donors (Lipinski definition) is 1. The van der Waals surface area contributed by atoms with Crippen LogP contribution in [0.2, 0.25) is 0 Å². The number of nitriles is 1. The van der Waals surface area contributed by atoms with E-state index in [2.05, 4.69) is 10.1 Å². The molecule has 0 aliphatic carbocycles. The Balaban J connectivity index is 1.71. The van der Waals surface area contributed by atoms with Crippen LogP contribution in [-0.4, -0.2) is 27.1 Å². The maximum absolute atomic E-state index is 13.9. The van der Waals surface area contributed by atoms with E-state index in [1.807, 2.05) is 36.4 Å². The number of carboxylic acid groups (broad SMARTS) is 1. The van der Waals surface area contributed by atoms with E-state index in [-0.39, 0.29) is 23.4 Å². The number of aliphatic carboxylic acids is 1. The summed E-state index contributed by atoms with van der Waals surface area (Å²) < 4.78 is 5.52. The molecule has 170 valence electrons. The molecule has 1 N–H and O–H groups in total. The molecule has 35 heavy (non-hydrogen) atoms. The van der Waals surface area contributed by atoms with E-state index in [4.69, 9.17) is 4.52 Å². The average molecular weight is 462 g/mol. The Morgan fingerprint density at radius 3 is 2.34 bits per heavy atom. The molecule has 1 amide bonds. The number of allylic oxidation sites excluding steroid dienone is 1. The van der Waals surface area contributed by atoms with Gasteiger partial charge in [-0.15, -0.1) is 0 Å². The molecule has 0 spiro atoms. The molecule has 0 saturated heterocycles. The van der Waals surface area contributed by atoms with Gasteiger partial charge in [-0.3, -0.25) is 14.5 Å². The van der Waals surface area contributed by atoms with Gasteiger partial charge in [-0.05, 0) is 23.8 Å². The van der Waals surface area contributed by atoms with E-state index < -0.39 is 17.3 Å². The Hall–Kier alpha value is -5.03. The first-order valence-electron chi connectivity index (χ1n) is 10.8. The first-order valence-corrected chi connectivity index (χ1v) is 10.8. The predicted molar refractivity (Wildman–Crippen MR) is 127 cm³/mol. The zero-order valence-corrected chi connectivity index (χ0v) is 18.3. The second kappa shape index (κ2) is 8.72. The molecule has 1 aliphatic rings. The van der Waals surface area contributed by atoms with Crippen LogP contribution in [0.25, 0.3) is 17.0 Å². The van der Waals surface area contributed by atoms with Gasteiger partial charge in [0.2, 0.25) is 5.82 Å². The first-order chi connectivity index (χ1) is 17.0. The normalized spacial score (nSPS) is 17.5. The Morgan fingerprint density at radius 1 is 1.00 bits per heavy atom.